The third-order valence-corrected chi connectivity index (χ3v) is 4.90. The van der Waals surface area contributed by atoms with Gasteiger partial charge in [-0.15, -0.1) is 0 Å². The van der Waals surface area contributed by atoms with Crippen molar-refractivity contribution in [3.8, 4) is 0 Å². The summed E-state index contributed by atoms with van der Waals surface area (Å²) < 4.78 is 0. The second-order valence-corrected chi connectivity index (χ2v) is 6.42. The molecule has 98 valence electrons. The first-order valence-corrected chi connectivity index (χ1v) is 7.62. The van der Waals surface area contributed by atoms with Crippen LogP contribution in [-0.2, 0) is 6.42 Å². The van der Waals surface area contributed by atoms with Gasteiger partial charge in [0, 0.05) is 11.1 Å². The Hall–Kier alpha value is -0.530. The molecule has 0 aromatic heterocycles. The average molecular weight is 264 g/mol. The predicted molar refractivity (Wildman–Crippen MR) is 76.9 cm³/mol. The van der Waals surface area contributed by atoms with E-state index in [1.807, 2.05) is 6.07 Å². The minimum atomic E-state index is 0.640. The molecular weight excluding hydrogens is 242 g/mol. The number of hydrogen-bond acceptors (Lipinski definition) is 1. The van der Waals surface area contributed by atoms with E-state index >= 15 is 0 Å². The third-order valence-electron chi connectivity index (χ3n) is 4.66. The number of halogens is 1. The fourth-order valence-electron chi connectivity index (χ4n) is 3.68. The minimum Gasteiger partial charge on any atom is -0.314 e. The quantitative estimate of drug-likeness (QED) is 0.849. The van der Waals surface area contributed by atoms with Crippen molar-refractivity contribution in [2.75, 3.05) is 6.54 Å². The molecule has 2 saturated carbocycles. The Morgan fingerprint density at radius 1 is 1.28 bits per heavy atom. The van der Waals surface area contributed by atoms with E-state index in [2.05, 4.69) is 30.4 Å². The molecule has 1 aromatic rings. The standard InChI is InChI=1S/C16H22ClN/c1-2-18-16(14-9-12-8-13(12)10-14)7-11-4-3-5-15(17)6-11/h3-6,12-14,16,18H,2,7-10H2,1H3. The zero-order valence-corrected chi connectivity index (χ0v) is 11.8. The first-order chi connectivity index (χ1) is 8.76. The summed E-state index contributed by atoms with van der Waals surface area (Å²) in [4.78, 5) is 0. The highest BCUT2D eigenvalue weighted by Crippen LogP contribution is 2.55. The molecule has 0 heterocycles. The maximum atomic E-state index is 6.07. The molecule has 2 aliphatic carbocycles. The van der Waals surface area contributed by atoms with Gasteiger partial charge in [0.25, 0.3) is 0 Å². The van der Waals surface area contributed by atoms with E-state index in [0.717, 1.165) is 35.7 Å². The lowest BCUT2D eigenvalue weighted by Crippen LogP contribution is -2.37. The van der Waals surface area contributed by atoms with Gasteiger partial charge in [-0.05, 0) is 67.7 Å². The van der Waals surface area contributed by atoms with Crippen LogP contribution in [0.2, 0.25) is 5.02 Å². The van der Waals surface area contributed by atoms with Gasteiger partial charge in [0.2, 0.25) is 0 Å². The highest BCUT2D eigenvalue weighted by atomic mass is 35.5. The van der Waals surface area contributed by atoms with Gasteiger partial charge < -0.3 is 5.32 Å². The van der Waals surface area contributed by atoms with Crippen molar-refractivity contribution in [3.63, 3.8) is 0 Å². The lowest BCUT2D eigenvalue weighted by atomic mass is 9.89. The van der Waals surface area contributed by atoms with Crippen LogP contribution in [0.25, 0.3) is 0 Å². The van der Waals surface area contributed by atoms with Gasteiger partial charge in [-0.25, -0.2) is 0 Å². The zero-order chi connectivity index (χ0) is 12.5. The molecule has 2 aliphatic rings. The highest BCUT2D eigenvalue weighted by molar-refractivity contribution is 6.30. The second-order valence-electron chi connectivity index (χ2n) is 5.99. The van der Waals surface area contributed by atoms with Crippen LogP contribution >= 0.6 is 11.6 Å². The Kier molecular flexibility index (Phi) is 3.63. The normalized spacial score (nSPS) is 31.1. The molecule has 2 fully saturated rings. The summed E-state index contributed by atoms with van der Waals surface area (Å²) in [6.07, 6.45) is 5.52. The van der Waals surface area contributed by atoms with E-state index in [9.17, 15) is 0 Å². The van der Waals surface area contributed by atoms with E-state index in [1.54, 1.807) is 0 Å². The predicted octanol–water partition coefficient (Wildman–Crippen LogP) is 3.91. The van der Waals surface area contributed by atoms with Crippen LogP contribution < -0.4 is 5.32 Å². The van der Waals surface area contributed by atoms with Crippen molar-refractivity contribution in [1.29, 1.82) is 0 Å². The van der Waals surface area contributed by atoms with Crippen LogP contribution in [0.5, 0.6) is 0 Å². The van der Waals surface area contributed by atoms with Crippen molar-refractivity contribution in [1.82, 2.24) is 5.32 Å². The zero-order valence-electron chi connectivity index (χ0n) is 11.0. The molecule has 1 aromatic carbocycles. The molecule has 0 amide bonds. The topological polar surface area (TPSA) is 12.0 Å². The van der Waals surface area contributed by atoms with Crippen LogP contribution in [0.4, 0.5) is 0 Å². The van der Waals surface area contributed by atoms with Gasteiger partial charge in [0.15, 0.2) is 0 Å². The molecule has 3 rings (SSSR count). The van der Waals surface area contributed by atoms with E-state index in [-0.39, 0.29) is 0 Å². The van der Waals surface area contributed by atoms with E-state index in [1.165, 1.54) is 24.8 Å². The summed E-state index contributed by atoms with van der Waals surface area (Å²) in [5.74, 6) is 3.01. The number of likely N-dealkylation sites (N-methyl/N-ethyl adjacent to an activating group) is 1. The number of benzene rings is 1. The fourth-order valence-corrected chi connectivity index (χ4v) is 3.89. The average Bonchev–Trinajstić information content (AvgIpc) is 2.96. The molecule has 3 atom stereocenters. The molecular formula is C16H22ClN. The number of nitrogens with one attached hydrogen (secondary N) is 1. The lowest BCUT2D eigenvalue weighted by Gasteiger charge is -2.26. The first kappa shape index (κ1) is 12.5. The summed E-state index contributed by atoms with van der Waals surface area (Å²) in [6, 6.07) is 8.97. The van der Waals surface area contributed by atoms with Crippen LogP contribution in [0.1, 0.15) is 31.7 Å². The molecule has 2 heteroatoms. The molecule has 18 heavy (non-hydrogen) atoms. The van der Waals surface area contributed by atoms with Gasteiger partial charge in [-0.2, -0.15) is 0 Å². The maximum Gasteiger partial charge on any atom is 0.0408 e. The Morgan fingerprint density at radius 2 is 2.06 bits per heavy atom. The third kappa shape index (κ3) is 2.73. The van der Waals surface area contributed by atoms with Crippen LogP contribution in [0.15, 0.2) is 24.3 Å². The summed E-state index contributed by atoms with van der Waals surface area (Å²) in [6.45, 7) is 3.28. The van der Waals surface area contributed by atoms with Crippen LogP contribution in [-0.4, -0.2) is 12.6 Å². The number of rotatable bonds is 5. The van der Waals surface area contributed by atoms with Gasteiger partial charge in [0.05, 0.1) is 0 Å². The largest absolute Gasteiger partial charge is 0.314 e. The first-order valence-electron chi connectivity index (χ1n) is 7.24. The SMILES string of the molecule is CCNC(Cc1cccc(Cl)c1)C1CC2CC2C1. The van der Waals surface area contributed by atoms with E-state index in [4.69, 9.17) is 11.6 Å². The van der Waals surface area contributed by atoms with Crippen LogP contribution in [0, 0.1) is 17.8 Å². The Morgan fingerprint density at radius 3 is 2.72 bits per heavy atom. The monoisotopic (exact) mass is 263 g/mol. The van der Waals surface area contributed by atoms with Gasteiger partial charge in [-0.3, -0.25) is 0 Å². The summed E-state index contributed by atoms with van der Waals surface area (Å²) in [7, 11) is 0. The molecule has 0 bridgehead atoms. The molecule has 0 saturated heterocycles. The highest BCUT2D eigenvalue weighted by Gasteiger charge is 2.47. The summed E-state index contributed by atoms with van der Waals surface area (Å²) >= 11 is 6.07. The Labute approximate surface area is 115 Å². The number of fused-ring (bicyclic) bond motifs is 1. The fraction of sp³-hybridized carbons (Fsp3) is 0.625. The molecule has 1 nitrogen and oxygen atoms in total. The van der Waals surface area contributed by atoms with Crippen molar-refractivity contribution in [2.24, 2.45) is 17.8 Å². The Balaban J connectivity index is 1.66. The Bertz CT molecular complexity index is 407. The van der Waals surface area contributed by atoms with Crippen molar-refractivity contribution in [3.05, 3.63) is 34.9 Å². The van der Waals surface area contributed by atoms with Crippen molar-refractivity contribution in [2.45, 2.75) is 38.6 Å². The lowest BCUT2D eigenvalue weighted by molar-refractivity contribution is 0.337. The summed E-state index contributed by atoms with van der Waals surface area (Å²) in [5, 5.41) is 4.55. The molecule has 0 radical (unpaired) electrons. The van der Waals surface area contributed by atoms with E-state index in [0.29, 0.717) is 6.04 Å². The molecule has 3 unspecified atom stereocenters. The van der Waals surface area contributed by atoms with Gasteiger partial charge in [0.1, 0.15) is 0 Å². The minimum absolute atomic E-state index is 0.640. The molecule has 1 N–H and O–H groups in total. The smallest absolute Gasteiger partial charge is 0.0408 e. The summed E-state index contributed by atoms with van der Waals surface area (Å²) in [5.41, 5.74) is 1.37. The van der Waals surface area contributed by atoms with E-state index < -0.39 is 0 Å². The number of hydrogen-bond donors (Lipinski definition) is 1. The van der Waals surface area contributed by atoms with Gasteiger partial charge in [-0.1, -0.05) is 30.7 Å². The molecule has 0 spiro atoms. The van der Waals surface area contributed by atoms with Crippen molar-refractivity contribution >= 4 is 11.6 Å². The van der Waals surface area contributed by atoms with Crippen LogP contribution in [0.3, 0.4) is 0 Å². The molecule has 0 aliphatic heterocycles. The maximum absolute atomic E-state index is 6.07. The van der Waals surface area contributed by atoms with Gasteiger partial charge >= 0.3 is 0 Å². The van der Waals surface area contributed by atoms with Crippen molar-refractivity contribution < 1.29 is 0 Å². The second kappa shape index (κ2) is 5.22.